The van der Waals surface area contributed by atoms with E-state index in [1.807, 2.05) is 12.1 Å². The van der Waals surface area contributed by atoms with Gasteiger partial charge < -0.3 is 5.73 Å². The zero-order valence-electron chi connectivity index (χ0n) is 10.4. The standard InChI is InChI=1S/C14H17BrN2S/c1-2-17(9-14-7-12(15)10-18-14)8-11-3-5-13(16)6-4-11/h3-7,10H,2,8-9,16H2,1H3. The van der Waals surface area contributed by atoms with Crippen LogP contribution in [-0.4, -0.2) is 11.4 Å². The first kappa shape index (κ1) is 13.6. The van der Waals surface area contributed by atoms with E-state index in [1.54, 1.807) is 11.3 Å². The van der Waals surface area contributed by atoms with Gasteiger partial charge in [0.05, 0.1) is 0 Å². The largest absolute Gasteiger partial charge is 0.399 e. The Bertz CT molecular complexity index is 493. The Morgan fingerprint density at radius 3 is 2.50 bits per heavy atom. The average molecular weight is 325 g/mol. The van der Waals surface area contributed by atoms with Crippen molar-refractivity contribution in [3.05, 3.63) is 50.6 Å². The SMILES string of the molecule is CCN(Cc1ccc(N)cc1)Cc1cc(Br)cs1. The number of hydrogen-bond donors (Lipinski definition) is 1. The number of nitrogens with two attached hydrogens (primary N) is 1. The third-order valence-corrected chi connectivity index (χ3v) is 4.52. The third-order valence-electron chi connectivity index (χ3n) is 2.83. The summed E-state index contributed by atoms with van der Waals surface area (Å²) < 4.78 is 1.17. The van der Waals surface area contributed by atoms with Gasteiger partial charge in [-0.2, -0.15) is 0 Å². The van der Waals surface area contributed by atoms with Crippen molar-refractivity contribution < 1.29 is 0 Å². The monoisotopic (exact) mass is 324 g/mol. The minimum atomic E-state index is 0.823. The molecule has 1 aromatic heterocycles. The van der Waals surface area contributed by atoms with E-state index < -0.39 is 0 Å². The van der Waals surface area contributed by atoms with Crippen LogP contribution in [0.25, 0.3) is 0 Å². The van der Waals surface area contributed by atoms with Crippen molar-refractivity contribution in [3.8, 4) is 0 Å². The minimum absolute atomic E-state index is 0.823. The van der Waals surface area contributed by atoms with Gasteiger partial charge in [0, 0.05) is 33.5 Å². The van der Waals surface area contributed by atoms with Gasteiger partial charge in [0.2, 0.25) is 0 Å². The molecule has 2 N–H and O–H groups in total. The maximum atomic E-state index is 5.70. The fourth-order valence-electron chi connectivity index (χ4n) is 1.82. The molecular weight excluding hydrogens is 308 g/mol. The lowest BCUT2D eigenvalue weighted by Crippen LogP contribution is -2.21. The molecule has 0 bridgehead atoms. The number of anilines is 1. The van der Waals surface area contributed by atoms with Gasteiger partial charge in [-0.1, -0.05) is 19.1 Å². The number of thiophene rings is 1. The summed E-state index contributed by atoms with van der Waals surface area (Å²) in [6.07, 6.45) is 0. The topological polar surface area (TPSA) is 29.3 Å². The van der Waals surface area contributed by atoms with Gasteiger partial charge in [0.1, 0.15) is 0 Å². The maximum Gasteiger partial charge on any atom is 0.0331 e. The molecule has 18 heavy (non-hydrogen) atoms. The fourth-order valence-corrected chi connectivity index (χ4v) is 3.31. The molecule has 1 heterocycles. The Morgan fingerprint density at radius 1 is 1.22 bits per heavy atom. The maximum absolute atomic E-state index is 5.70. The van der Waals surface area contributed by atoms with E-state index in [-0.39, 0.29) is 0 Å². The molecule has 0 saturated carbocycles. The molecule has 0 aliphatic carbocycles. The van der Waals surface area contributed by atoms with Crippen LogP contribution in [0, 0.1) is 0 Å². The number of rotatable bonds is 5. The van der Waals surface area contributed by atoms with Crippen LogP contribution in [0.5, 0.6) is 0 Å². The second kappa shape index (κ2) is 6.36. The second-order valence-electron chi connectivity index (χ2n) is 4.28. The van der Waals surface area contributed by atoms with Gasteiger partial charge in [-0.25, -0.2) is 0 Å². The molecule has 2 rings (SSSR count). The van der Waals surface area contributed by atoms with Gasteiger partial charge in [-0.05, 0) is 46.2 Å². The van der Waals surface area contributed by atoms with Crippen molar-refractivity contribution in [2.24, 2.45) is 0 Å². The summed E-state index contributed by atoms with van der Waals surface area (Å²) in [5.41, 5.74) is 7.83. The van der Waals surface area contributed by atoms with E-state index in [1.165, 1.54) is 14.9 Å². The van der Waals surface area contributed by atoms with E-state index in [2.05, 4.69) is 51.3 Å². The van der Waals surface area contributed by atoms with Gasteiger partial charge in [-0.3, -0.25) is 4.90 Å². The van der Waals surface area contributed by atoms with Gasteiger partial charge >= 0.3 is 0 Å². The van der Waals surface area contributed by atoms with E-state index in [4.69, 9.17) is 5.73 Å². The first-order valence-electron chi connectivity index (χ1n) is 5.97. The van der Waals surface area contributed by atoms with Crippen molar-refractivity contribution in [2.45, 2.75) is 20.0 Å². The highest BCUT2D eigenvalue weighted by atomic mass is 79.9. The van der Waals surface area contributed by atoms with Crippen LogP contribution in [0.2, 0.25) is 0 Å². The molecule has 0 unspecified atom stereocenters. The zero-order valence-corrected chi connectivity index (χ0v) is 12.8. The Balaban J connectivity index is 1.99. The van der Waals surface area contributed by atoms with E-state index in [0.29, 0.717) is 0 Å². The number of nitrogen functional groups attached to an aromatic ring is 1. The molecular formula is C14H17BrN2S. The predicted molar refractivity (Wildman–Crippen MR) is 82.7 cm³/mol. The summed E-state index contributed by atoms with van der Waals surface area (Å²) in [4.78, 5) is 3.81. The van der Waals surface area contributed by atoms with Crippen molar-refractivity contribution in [3.63, 3.8) is 0 Å². The lowest BCUT2D eigenvalue weighted by Gasteiger charge is -2.19. The van der Waals surface area contributed by atoms with E-state index in [0.717, 1.165) is 25.3 Å². The van der Waals surface area contributed by atoms with Crippen molar-refractivity contribution in [1.29, 1.82) is 0 Å². The highest BCUT2D eigenvalue weighted by Crippen LogP contribution is 2.21. The molecule has 2 nitrogen and oxygen atoms in total. The Labute approximate surface area is 121 Å². The molecule has 2 aromatic rings. The third kappa shape index (κ3) is 3.83. The molecule has 1 aromatic carbocycles. The number of nitrogens with zero attached hydrogens (tertiary/aromatic N) is 1. The molecule has 0 aliphatic heterocycles. The zero-order chi connectivity index (χ0) is 13.0. The lowest BCUT2D eigenvalue weighted by atomic mass is 10.2. The Morgan fingerprint density at radius 2 is 1.94 bits per heavy atom. The molecule has 0 radical (unpaired) electrons. The molecule has 0 atom stereocenters. The predicted octanol–water partition coefficient (Wildman–Crippen LogP) is 4.11. The summed E-state index contributed by atoms with van der Waals surface area (Å²) in [6.45, 7) is 5.20. The summed E-state index contributed by atoms with van der Waals surface area (Å²) in [5, 5.41) is 2.13. The first-order chi connectivity index (χ1) is 8.67. The van der Waals surface area contributed by atoms with Crippen molar-refractivity contribution in [1.82, 2.24) is 4.90 Å². The Kier molecular flexibility index (Phi) is 4.80. The lowest BCUT2D eigenvalue weighted by molar-refractivity contribution is 0.274. The van der Waals surface area contributed by atoms with Crippen LogP contribution in [0.3, 0.4) is 0 Å². The van der Waals surface area contributed by atoms with Crippen molar-refractivity contribution in [2.75, 3.05) is 12.3 Å². The normalized spacial score (nSPS) is 11.1. The van der Waals surface area contributed by atoms with Crippen LogP contribution in [0.4, 0.5) is 5.69 Å². The summed E-state index contributed by atoms with van der Waals surface area (Å²) in [7, 11) is 0. The number of benzene rings is 1. The smallest absolute Gasteiger partial charge is 0.0331 e. The Hall–Kier alpha value is -0.840. The summed E-state index contributed by atoms with van der Waals surface area (Å²) >= 11 is 5.29. The van der Waals surface area contributed by atoms with E-state index >= 15 is 0 Å². The molecule has 0 amide bonds. The highest BCUT2D eigenvalue weighted by Gasteiger charge is 2.06. The summed E-state index contributed by atoms with van der Waals surface area (Å²) in [6, 6.07) is 10.3. The van der Waals surface area contributed by atoms with Crippen LogP contribution >= 0.6 is 27.3 Å². The molecule has 0 fully saturated rings. The van der Waals surface area contributed by atoms with Crippen molar-refractivity contribution >= 4 is 33.0 Å². The summed E-state index contributed by atoms with van der Waals surface area (Å²) in [5.74, 6) is 0. The van der Waals surface area contributed by atoms with Gasteiger partial charge in [0.15, 0.2) is 0 Å². The average Bonchev–Trinajstić information content (AvgIpc) is 2.77. The van der Waals surface area contributed by atoms with Crippen LogP contribution in [0.15, 0.2) is 40.2 Å². The minimum Gasteiger partial charge on any atom is -0.399 e. The van der Waals surface area contributed by atoms with Crippen LogP contribution in [-0.2, 0) is 13.1 Å². The van der Waals surface area contributed by atoms with Gasteiger partial charge in [-0.15, -0.1) is 11.3 Å². The molecule has 96 valence electrons. The molecule has 0 aliphatic rings. The second-order valence-corrected chi connectivity index (χ2v) is 6.19. The number of hydrogen-bond acceptors (Lipinski definition) is 3. The molecule has 0 saturated heterocycles. The first-order valence-corrected chi connectivity index (χ1v) is 7.64. The molecule has 0 spiro atoms. The van der Waals surface area contributed by atoms with Crippen LogP contribution < -0.4 is 5.73 Å². The van der Waals surface area contributed by atoms with Gasteiger partial charge in [0.25, 0.3) is 0 Å². The van der Waals surface area contributed by atoms with Crippen LogP contribution in [0.1, 0.15) is 17.4 Å². The highest BCUT2D eigenvalue weighted by molar-refractivity contribution is 9.10. The number of halogens is 1. The fraction of sp³-hybridized carbons (Fsp3) is 0.286. The molecule has 4 heteroatoms. The quantitative estimate of drug-likeness (QED) is 0.838. The van der Waals surface area contributed by atoms with E-state index in [9.17, 15) is 0 Å².